The number of hydrogen-bond donors (Lipinski definition) is 1. The largest absolute Gasteiger partial charge is 0.383 e. The second-order valence-electron chi connectivity index (χ2n) is 4.99. The summed E-state index contributed by atoms with van der Waals surface area (Å²) in [6.45, 7) is 0.412. The van der Waals surface area contributed by atoms with Gasteiger partial charge in [-0.3, -0.25) is 0 Å². The Morgan fingerprint density at radius 2 is 1.86 bits per heavy atom. The van der Waals surface area contributed by atoms with Gasteiger partial charge in [0.05, 0.1) is 6.54 Å². The molecule has 1 aromatic carbocycles. The van der Waals surface area contributed by atoms with Crippen LogP contribution in [0.15, 0.2) is 33.6 Å². The van der Waals surface area contributed by atoms with Crippen molar-refractivity contribution in [1.82, 2.24) is 9.78 Å². The molecule has 2 aromatic rings. The highest BCUT2D eigenvalue weighted by atomic mass is 79.9. The number of benzene rings is 1. The molecule has 0 saturated carbocycles. The molecule has 0 aliphatic carbocycles. The van der Waals surface area contributed by atoms with E-state index in [9.17, 15) is 8.42 Å². The van der Waals surface area contributed by atoms with E-state index in [0.717, 1.165) is 16.3 Å². The van der Waals surface area contributed by atoms with Crippen molar-refractivity contribution in [3.05, 3.63) is 34.3 Å². The maximum absolute atomic E-state index is 11.9. The standard InChI is InChI=1S/C13H17BrN4O2S/c1-17(2)13-11(21(3,19)20)12(15)18(16-13)8-9-4-6-10(14)7-5-9/h4-7H,8,15H2,1-3H3. The van der Waals surface area contributed by atoms with Gasteiger partial charge >= 0.3 is 0 Å². The Labute approximate surface area is 132 Å². The number of hydrogen-bond acceptors (Lipinski definition) is 5. The molecule has 0 aliphatic heterocycles. The fourth-order valence-electron chi connectivity index (χ4n) is 1.98. The van der Waals surface area contributed by atoms with E-state index in [-0.39, 0.29) is 10.7 Å². The lowest BCUT2D eigenvalue weighted by Gasteiger charge is -2.09. The summed E-state index contributed by atoms with van der Waals surface area (Å²) in [5.41, 5.74) is 6.98. The monoisotopic (exact) mass is 372 g/mol. The van der Waals surface area contributed by atoms with Crippen molar-refractivity contribution in [3.8, 4) is 0 Å². The van der Waals surface area contributed by atoms with Crippen molar-refractivity contribution in [1.29, 1.82) is 0 Å². The van der Waals surface area contributed by atoms with Crippen LogP contribution in [0.4, 0.5) is 11.6 Å². The number of nitrogen functional groups attached to an aromatic ring is 1. The molecule has 6 nitrogen and oxygen atoms in total. The van der Waals surface area contributed by atoms with Crippen molar-refractivity contribution >= 4 is 37.4 Å². The zero-order chi connectivity index (χ0) is 15.8. The molecule has 0 bridgehead atoms. The average Bonchev–Trinajstić information content (AvgIpc) is 2.70. The number of sulfone groups is 1. The van der Waals surface area contributed by atoms with E-state index in [2.05, 4.69) is 21.0 Å². The molecule has 0 aliphatic rings. The summed E-state index contributed by atoms with van der Waals surface area (Å²) < 4.78 is 26.3. The van der Waals surface area contributed by atoms with Crippen molar-refractivity contribution < 1.29 is 8.42 Å². The second-order valence-corrected chi connectivity index (χ2v) is 7.86. The van der Waals surface area contributed by atoms with Crippen LogP contribution in [0.5, 0.6) is 0 Å². The SMILES string of the molecule is CN(C)c1nn(Cc2ccc(Br)cc2)c(N)c1S(C)(=O)=O. The van der Waals surface area contributed by atoms with E-state index in [1.54, 1.807) is 19.0 Å². The Balaban J connectivity index is 2.48. The molecule has 8 heteroatoms. The molecule has 1 aromatic heterocycles. The second kappa shape index (κ2) is 5.69. The van der Waals surface area contributed by atoms with Gasteiger partial charge in [-0.1, -0.05) is 28.1 Å². The van der Waals surface area contributed by atoms with Crippen LogP contribution in [0.1, 0.15) is 5.56 Å². The lowest BCUT2D eigenvalue weighted by atomic mass is 10.2. The normalized spacial score (nSPS) is 11.6. The quantitative estimate of drug-likeness (QED) is 0.883. The molecule has 0 spiro atoms. The summed E-state index contributed by atoms with van der Waals surface area (Å²) in [4.78, 5) is 1.72. The molecule has 0 unspecified atom stereocenters. The molecule has 0 radical (unpaired) electrons. The first kappa shape index (κ1) is 15.8. The van der Waals surface area contributed by atoms with E-state index in [0.29, 0.717) is 12.4 Å². The van der Waals surface area contributed by atoms with Gasteiger partial charge in [0.1, 0.15) is 5.82 Å². The van der Waals surface area contributed by atoms with Crippen LogP contribution < -0.4 is 10.6 Å². The Bertz CT molecular complexity index is 751. The van der Waals surface area contributed by atoms with Crippen molar-refractivity contribution in [2.75, 3.05) is 31.0 Å². The first-order valence-corrected chi connectivity index (χ1v) is 8.86. The van der Waals surface area contributed by atoms with Crippen LogP contribution >= 0.6 is 15.9 Å². The predicted octanol–water partition coefficient (Wildman–Crippen LogP) is 1.75. The van der Waals surface area contributed by atoms with Gasteiger partial charge < -0.3 is 10.6 Å². The highest BCUT2D eigenvalue weighted by Crippen LogP contribution is 2.29. The van der Waals surface area contributed by atoms with Gasteiger partial charge in [0.25, 0.3) is 0 Å². The fraction of sp³-hybridized carbons (Fsp3) is 0.308. The summed E-state index contributed by atoms with van der Waals surface area (Å²) in [6.07, 6.45) is 1.14. The lowest BCUT2D eigenvalue weighted by molar-refractivity contribution is 0.602. The van der Waals surface area contributed by atoms with Crippen LogP contribution in [0.25, 0.3) is 0 Å². The molecular formula is C13H17BrN4O2S. The van der Waals surface area contributed by atoms with Crippen LogP contribution in [-0.2, 0) is 16.4 Å². The molecule has 1 heterocycles. The van der Waals surface area contributed by atoms with E-state index >= 15 is 0 Å². The van der Waals surface area contributed by atoms with Gasteiger partial charge in [0.2, 0.25) is 0 Å². The third-order valence-corrected chi connectivity index (χ3v) is 4.63. The topological polar surface area (TPSA) is 81.2 Å². The molecule has 0 amide bonds. The number of aromatic nitrogens is 2. The third-order valence-electron chi connectivity index (χ3n) is 2.97. The van der Waals surface area contributed by atoms with E-state index < -0.39 is 9.84 Å². The maximum atomic E-state index is 11.9. The van der Waals surface area contributed by atoms with Gasteiger partial charge in [-0.2, -0.15) is 5.10 Å². The van der Waals surface area contributed by atoms with Crippen molar-refractivity contribution in [2.24, 2.45) is 0 Å². The smallest absolute Gasteiger partial charge is 0.182 e. The number of nitrogens with two attached hydrogens (primary N) is 1. The first-order chi connectivity index (χ1) is 9.70. The predicted molar refractivity (Wildman–Crippen MR) is 87.3 cm³/mol. The minimum absolute atomic E-state index is 0.0737. The molecule has 0 fully saturated rings. The van der Waals surface area contributed by atoms with Gasteiger partial charge in [0.15, 0.2) is 20.6 Å². The Hall–Kier alpha value is -1.54. The number of rotatable bonds is 4. The minimum atomic E-state index is -3.44. The van der Waals surface area contributed by atoms with Gasteiger partial charge in [-0.05, 0) is 17.7 Å². The van der Waals surface area contributed by atoms with E-state index in [1.807, 2.05) is 24.3 Å². The van der Waals surface area contributed by atoms with Gasteiger partial charge in [0, 0.05) is 24.8 Å². The first-order valence-electron chi connectivity index (χ1n) is 6.18. The van der Waals surface area contributed by atoms with Crippen molar-refractivity contribution in [3.63, 3.8) is 0 Å². The van der Waals surface area contributed by atoms with Gasteiger partial charge in [-0.25, -0.2) is 13.1 Å². The fourth-order valence-corrected chi connectivity index (χ4v) is 3.28. The Morgan fingerprint density at radius 1 is 1.29 bits per heavy atom. The van der Waals surface area contributed by atoms with Gasteiger partial charge in [-0.15, -0.1) is 0 Å². The van der Waals surface area contributed by atoms with Crippen molar-refractivity contribution in [2.45, 2.75) is 11.4 Å². The highest BCUT2D eigenvalue weighted by molar-refractivity contribution is 9.10. The van der Waals surface area contributed by atoms with E-state index in [1.165, 1.54) is 4.68 Å². The summed E-state index contributed by atoms with van der Waals surface area (Å²) in [6, 6.07) is 7.69. The molecule has 0 atom stereocenters. The maximum Gasteiger partial charge on any atom is 0.182 e. The molecule has 2 rings (SSSR count). The van der Waals surface area contributed by atoms with Crippen LogP contribution in [0.3, 0.4) is 0 Å². The van der Waals surface area contributed by atoms with E-state index in [4.69, 9.17) is 5.73 Å². The van der Waals surface area contributed by atoms with Crippen LogP contribution in [-0.4, -0.2) is 38.5 Å². The summed E-state index contributed by atoms with van der Waals surface area (Å²) in [7, 11) is 0.0282. The molecular weight excluding hydrogens is 356 g/mol. The average molecular weight is 373 g/mol. The lowest BCUT2D eigenvalue weighted by Crippen LogP contribution is -2.13. The number of anilines is 2. The zero-order valence-electron chi connectivity index (χ0n) is 12.0. The Morgan fingerprint density at radius 3 is 2.29 bits per heavy atom. The number of nitrogens with zero attached hydrogens (tertiary/aromatic N) is 3. The highest BCUT2D eigenvalue weighted by Gasteiger charge is 2.25. The summed E-state index contributed by atoms with van der Waals surface area (Å²) in [5.74, 6) is 0.510. The zero-order valence-corrected chi connectivity index (χ0v) is 14.4. The molecule has 114 valence electrons. The van der Waals surface area contributed by atoms with Crippen LogP contribution in [0.2, 0.25) is 0 Å². The minimum Gasteiger partial charge on any atom is -0.383 e. The molecule has 2 N–H and O–H groups in total. The molecule has 0 saturated heterocycles. The molecule has 21 heavy (non-hydrogen) atoms. The number of halogens is 1. The summed E-state index contributed by atoms with van der Waals surface area (Å²) in [5, 5.41) is 4.32. The Kier molecular flexibility index (Phi) is 4.29. The third kappa shape index (κ3) is 3.38. The summed E-state index contributed by atoms with van der Waals surface area (Å²) >= 11 is 3.37. The van der Waals surface area contributed by atoms with Crippen LogP contribution in [0, 0.1) is 0 Å².